The topological polar surface area (TPSA) is 93.0 Å². The van der Waals surface area contributed by atoms with Crippen molar-refractivity contribution in [1.82, 2.24) is 4.31 Å². The van der Waals surface area contributed by atoms with Crippen molar-refractivity contribution in [2.75, 3.05) is 31.1 Å². The lowest BCUT2D eigenvalue weighted by atomic mass is 10.2. The zero-order chi connectivity index (χ0) is 21.2. The van der Waals surface area contributed by atoms with Crippen LogP contribution in [-0.2, 0) is 10.0 Å². The molecule has 8 nitrogen and oxygen atoms in total. The number of halogens is 3. The molecule has 1 saturated heterocycles. The molecule has 3 rings (SSSR count). The van der Waals surface area contributed by atoms with Gasteiger partial charge in [-0.15, -0.1) is 0 Å². The van der Waals surface area contributed by atoms with Crippen molar-refractivity contribution < 1.29 is 26.9 Å². The van der Waals surface area contributed by atoms with Gasteiger partial charge >= 0.3 is 6.61 Å². The summed E-state index contributed by atoms with van der Waals surface area (Å²) in [5, 5.41) is 11.0. The van der Waals surface area contributed by atoms with Gasteiger partial charge in [-0.3, -0.25) is 10.1 Å². The third-order valence-electron chi connectivity index (χ3n) is 4.40. The van der Waals surface area contributed by atoms with Crippen molar-refractivity contribution in [2.45, 2.75) is 11.5 Å². The van der Waals surface area contributed by atoms with Gasteiger partial charge in [-0.05, 0) is 18.2 Å². The van der Waals surface area contributed by atoms with E-state index in [1.165, 1.54) is 28.6 Å². The molecule has 1 aliphatic heterocycles. The summed E-state index contributed by atoms with van der Waals surface area (Å²) >= 11 is 6.00. The lowest BCUT2D eigenvalue weighted by molar-refractivity contribution is -0.385. The molecule has 0 unspecified atom stereocenters. The Morgan fingerprint density at radius 3 is 2.34 bits per heavy atom. The number of hydrogen-bond acceptors (Lipinski definition) is 6. The van der Waals surface area contributed by atoms with Crippen LogP contribution in [0, 0.1) is 10.1 Å². The molecule has 29 heavy (non-hydrogen) atoms. The first-order valence-corrected chi connectivity index (χ1v) is 10.2. The molecule has 0 saturated carbocycles. The van der Waals surface area contributed by atoms with Gasteiger partial charge in [-0.25, -0.2) is 8.42 Å². The summed E-state index contributed by atoms with van der Waals surface area (Å²) in [6.07, 6.45) is 0. The monoisotopic (exact) mass is 447 g/mol. The van der Waals surface area contributed by atoms with Crippen molar-refractivity contribution in [3.8, 4) is 5.75 Å². The van der Waals surface area contributed by atoms with Gasteiger partial charge < -0.3 is 9.64 Å². The number of nitro benzene ring substituents is 1. The molecule has 0 N–H and O–H groups in total. The minimum absolute atomic E-state index is 0.00725. The average Bonchev–Trinajstić information content (AvgIpc) is 2.67. The molecule has 0 bridgehead atoms. The Morgan fingerprint density at radius 1 is 1.10 bits per heavy atom. The molecule has 156 valence electrons. The lowest BCUT2D eigenvalue weighted by Crippen LogP contribution is -2.48. The van der Waals surface area contributed by atoms with E-state index in [1.807, 2.05) is 0 Å². The summed E-state index contributed by atoms with van der Waals surface area (Å²) in [4.78, 5) is 11.8. The molecule has 0 aromatic heterocycles. The van der Waals surface area contributed by atoms with Crippen LogP contribution in [0.4, 0.5) is 20.2 Å². The van der Waals surface area contributed by atoms with Crippen LogP contribution >= 0.6 is 11.6 Å². The maximum Gasteiger partial charge on any atom is 0.387 e. The van der Waals surface area contributed by atoms with Gasteiger partial charge in [0.2, 0.25) is 10.0 Å². The molecule has 0 atom stereocenters. The van der Waals surface area contributed by atoms with Gasteiger partial charge in [0.15, 0.2) is 5.75 Å². The fourth-order valence-corrected chi connectivity index (χ4v) is 4.95. The zero-order valence-electron chi connectivity index (χ0n) is 14.9. The Morgan fingerprint density at radius 2 is 1.76 bits per heavy atom. The van der Waals surface area contributed by atoms with Gasteiger partial charge in [0.05, 0.1) is 21.7 Å². The number of piperazine rings is 1. The van der Waals surface area contributed by atoms with E-state index in [-0.39, 0.29) is 53.2 Å². The third kappa shape index (κ3) is 4.57. The maximum absolute atomic E-state index is 12.8. The number of nitro groups is 1. The Bertz CT molecular complexity index is 1010. The molecular weight excluding hydrogens is 432 g/mol. The van der Waals surface area contributed by atoms with E-state index in [1.54, 1.807) is 17.0 Å². The van der Waals surface area contributed by atoms with Gasteiger partial charge in [-0.1, -0.05) is 23.7 Å². The third-order valence-corrected chi connectivity index (χ3v) is 6.80. The van der Waals surface area contributed by atoms with E-state index < -0.39 is 21.6 Å². The summed E-state index contributed by atoms with van der Waals surface area (Å²) in [5.41, 5.74) is -0.157. The molecule has 1 fully saturated rings. The number of sulfonamides is 1. The minimum atomic E-state index is -3.81. The molecule has 2 aromatic rings. The number of anilines is 1. The van der Waals surface area contributed by atoms with Crippen LogP contribution in [0.1, 0.15) is 0 Å². The van der Waals surface area contributed by atoms with Gasteiger partial charge in [-0.2, -0.15) is 13.1 Å². The molecule has 12 heteroatoms. The largest absolute Gasteiger partial charge is 0.432 e. The van der Waals surface area contributed by atoms with Crippen molar-refractivity contribution in [3.63, 3.8) is 0 Å². The van der Waals surface area contributed by atoms with Gasteiger partial charge in [0.25, 0.3) is 5.69 Å². The average molecular weight is 448 g/mol. The van der Waals surface area contributed by atoms with Gasteiger partial charge in [0.1, 0.15) is 4.90 Å². The van der Waals surface area contributed by atoms with Crippen LogP contribution in [0.5, 0.6) is 5.75 Å². The standard InChI is InChI=1S/C17H16ClF2N3O5S/c18-13-3-1-2-4-16(13)29(26,27)22-9-7-21(8-10-22)14-6-5-12(23(24)25)11-15(14)28-17(19)20/h1-6,11,17H,7-10H2. The van der Waals surface area contributed by atoms with E-state index in [2.05, 4.69) is 4.74 Å². The molecular formula is C17H16ClF2N3O5S. The Balaban J connectivity index is 1.80. The predicted octanol–water partition coefficient (Wildman–Crippen LogP) is 3.36. The highest BCUT2D eigenvalue weighted by Gasteiger charge is 2.31. The molecule has 0 radical (unpaired) electrons. The molecule has 0 aliphatic carbocycles. The van der Waals surface area contributed by atoms with E-state index in [0.29, 0.717) is 0 Å². The van der Waals surface area contributed by atoms with E-state index in [4.69, 9.17) is 11.6 Å². The van der Waals surface area contributed by atoms with Gasteiger partial charge in [0, 0.05) is 32.2 Å². The number of ether oxygens (including phenoxy) is 1. The summed E-state index contributed by atoms with van der Waals surface area (Å²) in [7, 11) is -3.81. The fourth-order valence-electron chi connectivity index (χ4n) is 3.03. The SMILES string of the molecule is O=[N+]([O-])c1ccc(N2CCN(S(=O)(=O)c3ccccc3Cl)CC2)c(OC(F)F)c1. The number of rotatable bonds is 6. The van der Waals surface area contributed by atoms with E-state index in [9.17, 15) is 27.3 Å². The molecule has 1 aliphatic rings. The highest BCUT2D eigenvalue weighted by molar-refractivity contribution is 7.89. The van der Waals surface area contributed by atoms with Crippen molar-refractivity contribution in [1.29, 1.82) is 0 Å². The zero-order valence-corrected chi connectivity index (χ0v) is 16.4. The second kappa shape index (κ2) is 8.47. The summed E-state index contributed by atoms with van der Waals surface area (Å²) in [6.45, 7) is -2.63. The van der Waals surface area contributed by atoms with E-state index >= 15 is 0 Å². The van der Waals surface area contributed by atoms with Crippen LogP contribution < -0.4 is 9.64 Å². The molecule has 0 amide bonds. The number of nitrogens with zero attached hydrogens (tertiary/aromatic N) is 3. The molecule has 0 spiro atoms. The molecule has 1 heterocycles. The summed E-state index contributed by atoms with van der Waals surface area (Å²) in [5.74, 6) is -0.336. The first-order valence-electron chi connectivity index (χ1n) is 8.43. The second-order valence-electron chi connectivity index (χ2n) is 6.11. The summed E-state index contributed by atoms with van der Waals surface area (Å²) in [6, 6.07) is 9.51. The first-order chi connectivity index (χ1) is 13.7. The maximum atomic E-state index is 12.8. The second-order valence-corrected chi connectivity index (χ2v) is 8.42. The number of benzene rings is 2. The number of hydrogen-bond donors (Lipinski definition) is 0. The fraction of sp³-hybridized carbons (Fsp3) is 0.294. The van der Waals surface area contributed by atoms with Crippen LogP contribution in [0.2, 0.25) is 5.02 Å². The Kier molecular flexibility index (Phi) is 6.20. The minimum Gasteiger partial charge on any atom is -0.432 e. The van der Waals surface area contributed by atoms with Crippen molar-refractivity contribution in [3.05, 3.63) is 57.6 Å². The molecule has 2 aromatic carbocycles. The van der Waals surface area contributed by atoms with Crippen LogP contribution in [0.25, 0.3) is 0 Å². The predicted molar refractivity (Wildman–Crippen MR) is 102 cm³/mol. The van der Waals surface area contributed by atoms with Crippen LogP contribution in [0.15, 0.2) is 47.4 Å². The van der Waals surface area contributed by atoms with Crippen LogP contribution in [-0.4, -0.2) is 50.4 Å². The van der Waals surface area contributed by atoms with Crippen molar-refractivity contribution in [2.24, 2.45) is 0 Å². The first kappa shape index (κ1) is 21.2. The lowest BCUT2D eigenvalue weighted by Gasteiger charge is -2.36. The highest BCUT2D eigenvalue weighted by atomic mass is 35.5. The Hall–Kier alpha value is -2.50. The number of alkyl halides is 2. The van der Waals surface area contributed by atoms with Crippen LogP contribution in [0.3, 0.4) is 0 Å². The quantitative estimate of drug-likeness (QED) is 0.498. The van der Waals surface area contributed by atoms with Crippen molar-refractivity contribution >= 4 is 33.0 Å². The Labute approximate surface area is 170 Å². The highest BCUT2D eigenvalue weighted by Crippen LogP contribution is 2.35. The number of non-ortho nitro benzene ring substituents is 1. The normalized spacial score (nSPS) is 15.5. The summed E-state index contributed by atoms with van der Waals surface area (Å²) < 4.78 is 56.8. The van der Waals surface area contributed by atoms with E-state index in [0.717, 1.165) is 6.07 Å². The smallest absolute Gasteiger partial charge is 0.387 e.